The summed E-state index contributed by atoms with van der Waals surface area (Å²) in [6.45, 7) is 4.26. The molecule has 0 aromatic carbocycles. The molecule has 0 bridgehead atoms. The van der Waals surface area contributed by atoms with Crippen LogP contribution >= 0.6 is 0 Å². The topological polar surface area (TPSA) is 35.8 Å². The molecule has 1 saturated carbocycles. The fraction of sp³-hybridized carbons (Fsp3) is 0.889. The number of hydrogen-bond donors (Lipinski definition) is 1. The normalized spacial score (nSPS) is 22.3. The number of nitrogens with one attached hydrogen (secondary N) is 1. The lowest BCUT2D eigenvalue weighted by Gasteiger charge is -2.16. The molecule has 1 N–H and O–H groups in total. The van der Waals surface area contributed by atoms with E-state index in [9.17, 15) is 0 Å². The predicted octanol–water partition coefficient (Wildman–Crippen LogP) is 1.68. The molecule has 2 heteroatoms. The smallest absolute Gasteiger partial charge is 0.0980 e. The Labute approximate surface area is 68.6 Å². The van der Waals surface area contributed by atoms with Gasteiger partial charge < -0.3 is 0 Å². The minimum Gasteiger partial charge on any atom is -0.299 e. The third kappa shape index (κ3) is 2.51. The molecule has 0 heterocycles. The first kappa shape index (κ1) is 8.55. The van der Waals surface area contributed by atoms with Gasteiger partial charge in [0.25, 0.3) is 0 Å². The Bertz CT molecular complexity index is 155. The van der Waals surface area contributed by atoms with E-state index in [0.717, 1.165) is 6.42 Å². The van der Waals surface area contributed by atoms with Gasteiger partial charge in [-0.2, -0.15) is 5.26 Å². The summed E-state index contributed by atoms with van der Waals surface area (Å²) in [7, 11) is 0. The number of hydrogen-bond acceptors (Lipinski definition) is 2. The summed E-state index contributed by atoms with van der Waals surface area (Å²) in [5.41, 5.74) is 0. The molecule has 0 spiro atoms. The second-order valence-electron chi connectivity index (χ2n) is 3.43. The van der Waals surface area contributed by atoms with Gasteiger partial charge in [-0.3, -0.25) is 5.32 Å². The zero-order valence-corrected chi connectivity index (χ0v) is 7.30. The van der Waals surface area contributed by atoms with Crippen molar-refractivity contribution in [3.8, 4) is 6.07 Å². The van der Waals surface area contributed by atoms with Crippen molar-refractivity contribution >= 4 is 0 Å². The summed E-state index contributed by atoms with van der Waals surface area (Å²) in [5, 5.41) is 12.1. The standard InChI is InChI=1S/C9H16N2/c1-3-7(2)9(6-10)11-8-4-5-8/h7-9,11H,3-5H2,1-2H3. The van der Waals surface area contributed by atoms with Gasteiger partial charge >= 0.3 is 0 Å². The Morgan fingerprint density at radius 1 is 1.64 bits per heavy atom. The molecule has 2 nitrogen and oxygen atoms in total. The summed E-state index contributed by atoms with van der Waals surface area (Å²) in [6.07, 6.45) is 3.60. The van der Waals surface area contributed by atoms with Gasteiger partial charge in [-0.15, -0.1) is 0 Å². The van der Waals surface area contributed by atoms with Gasteiger partial charge in [0, 0.05) is 6.04 Å². The van der Waals surface area contributed by atoms with E-state index in [2.05, 4.69) is 25.2 Å². The lowest BCUT2D eigenvalue weighted by atomic mass is 10.0. The van der Waals surface area contributed by atoms with Crippen molar-refractivity contribution < 1.29 is 0 Å². The van der Waals surface area contributed by atoms with Crippen LogP contribution in [0.1, 0.15) is 33.1 Å². The quantitative estimate of drug-likeness (QED) is 0.665. The summed E-state index contributed by atoms with van der Waals surface area (Å²) in [6, 6.07) is 3.04. The molecule has 0 aromatic heterocycles. The van der Waals surface area contributed by atoms with Gasteiger partial charge in [-0.05, 0) is 18.8 Å². The van der Waals surface area contributed by atoms with Crippen LogP contribution in [0.5, 0.6) is 0 Å². The zero-order valence-electron chi connectivity index (χ0n) is 7.30. The predicted molar refractivity (Wildman–Crippen MR) is 45.0 cm³/mol. The third-order valence-corrected chi connectivity index (χ3v) is 2.34. The number of rotatable bonds is 4. The first-order valence-corrected chi connectivity index (χ1v) is 4.43. The third-order valence-electron chi connectivity index (χ3n) is 2.34. The zero-order chi connectivity index (χ0) is 8.27. The molecule has 62 valence electrons. The summed E-state index contributed by atoms with van der Waals surface area (Å²) >= 11 is 0. The highest BCUT2D eigenvalue weighted by atomic mass is 15.0. The molecule has 2 unspecified atom stereocenters. The first-order valence-electron chi connectivity index (χ1n) is 4.43. The Balaban J connectivity index is 2.29. The van der Waals surface area contributed by atoms with E-state index in [1.807, 2.05) is 0 Å². The van der Waals surface area contributed by atoms with E-state index < -0.39 is 0 Å². The molecule has 2 atom stereocenters. The van der Waals surface area contributed by atoms with Gasteiger partial charge in [0.15, 0.2) is 0 Å². The van der Waals surface area contributed by atoms with Crippen molar-refractivity contribution in [2.75, 3.05) is 0 Å². The van der Waals surface area contributed by atoms with E-state index in [1.54, 1.807) is 0 Å². The number of nitriles is 1. The molecule has 1 rings (SSSR count). The molecule has 1 aliphatic rings. The van der Waals surface area contributed by atoms with Crippen molar-refractivity contribution in [1.29, 1.82) is 5.26 Å². The van der Waals surface area contributed by atoms with Crippen LogP contribution < -0.4 is 5.32 Å². The molecule has 0 saturated heterocycles. The molecule has 0 radical (unpaired) electrons. The van der Waals surface area contributed by atoms with E-state index in [-0.39, 0.29) is 6.04 Å². The lowest BCUT2D eigenvalue weighted by molar-refractivity contribution is 0.428. The van der Waals surface area contributed by atoms with Crippen LogP contribution in [0.3, 0.4) is 0 Å². The van der Waals surface area contributed by atoms with E-state index in [4.69, 9.17) is 5.26 Å². The van der Waals surface area contributed by atoms with Crippen LogP contribution in [0.4, 0.5) is 0 Å². The molecule has 11 heavy (non-hydrogen) atoms. The highest BCUT2D eigenvalue weighted by molar-refractivity contribution is 4.97. The van der Waals surface area contributed by atoms with Gasteiger partial charge in [0.05, 0.1) is 12.1 Å². The minimum absolute atomic E-state index is 0.0764. The monoisotopic (exact) mass is 152 g/mol. The van der Waals surface area contributed by atoms with Crippen molar-refractivity contribution in [2.24, 2.45) is 5.92 Å². The lowest BCUT2D eigenvalue weighted by Crippen LogP contribution is -2.34. The summed E-state index contributed by atoms with van der Waals surface area (Å²) < 4.78 is 0. The van der Waals surface area contributed by atoms with Gasteiger partial charge in [-0.25, -0.2) is 0 Å². The summed E-state index contributed by atoms with van der Waals surface area (Å²) in [5.74, 6) is 0.487. The Morgan fingerprint density at radius 3 is 2.64 bits per heavy atom. The highest BCUT2D eigenvalue weighted by Gasteiger charge is 2.26. The fourth-order valence-corrected chi connectivity index (χ4v) is 1.07. The molecule has 0 aromatic rings. The molecule has 0 aliphatic heterocycles. The SMILES string of the molecule is CCC(C)C(C#N)NC1CC1. The average Bonchev–Trinajstić information content (AvgIpc) is 2.82. The van der Waals surface area contributed by atoms with Crippen LogP contribution in [0.15, 0.2) is 0 Å². The van der Waals surface area contributed by atoms with Gasteiger partial charge in [0.1, 0.15) is 0 Å². The van der Waals surface area contributed by atoms with Crippen molar-refractivity contribution in [3.63, 3.8) is 0 Å². The maximum Gasteiger partial charge on any atom is 0.0980 e. The molecule has 0 amide bonds. The summed E-state index contributed by atoms with van der Waals surface area (Å²) in [4.78, 5) is 0. The van der Waals surface area contributed by atoms with Crippen LogP contribution in [0.25, 0.3) is 0 Å². The maximum absolute atomic E-state index is 8.79. The second-order valence-corrected chi connectivity index (χ2v) is 3.43. The Morgan fingerprint density at radius 2 is 2.27 bits per heavy atom. The van der Waals surface area contributed by atoms with E-state index >= 15 is 0 Å². The van der Waals surface area contributed by atoms with Crippen molar-refractivity contribution in [3.05, 3.63) is 0 Å². The second kappa shape index (κ2) is 3.73. The van der Waals surface area contributed by atoms with Crippen LogP contribution in [-0.2, 0) is 0 Å². The van der Waals surface area contributed by atoms with Gasteiger partial charge in [-0.1, -0.05) is 20.3 Å². The average molecular weight is 152 g/mol. The van der Waals surface area contributed by atoms with E-state index in [0.29, 0.717) is 12.0 Å². The fourth-order valence-electron chi connectivity index (χ4n) is 1.07. The minimum atomic E-state index is 0.0764. The van der Waals surface area contributed by atoms with Gasteiger partial charge in [0.2, 0.25) is 0 Å². The molecular formula is C9H16N2. The van der Waals surface area contributed by atoms with E-state index in [1.165, 1.54) is 12.8 Å². The van der Waals surface area contributed by atoms with Crippen LogP contribution in [0, 0.1) is 17.2 Å². The highest BCUT2D eigenvalue weighted by Crippen LogP contribution is 2.21. The molecular weight excluding hydrogens is 136 g/mol. The largest absolute Gasteiger partial charge is 0.299 e. The number of nitrogens with zero attached hydrogens (tertiary/aromatic N) is 1. The van der Waals surface area contributed by atoms with Crippen molar-refractivity contribution in [2.45, 2.75) is 45.2 Å². The van der Waals surface area contributed by atoms with Crippen molar-refractivity contribution in [1.82, 2.24) is 5.32 Å². The van der Waals surface area contributed by atoms with Crippen LogP contribution in [-0.4, -0.2) is 12.1 Å². The first-order chi connectivity index (χ1) is 5.27. The molecule has 1 fully saturated rings. The maximum atomic E-state index is 8.79. The molecule has 1 aliphatic carbocycles. The Kier molecular flexibility index (Phi) is 2.90. The van der Waals surface area contributed by atoms with Crippen LogP contribution in [0.2, 0.25) is 0 Å². The Hall–Kier alpha value is -0.550.